The van der Waals surface area contributed by atoms with Crippen LogP contribution in [0.5, 0.6) is 0 Å². The molecule has 0 aliphatic heterocycles. The molecule has 3 rings (SSSR count). The lowest BCUT2D eigenvalue weighted by Crippen LogP contribution is -2.29. The molecular formula is C22H24N2O2. The molecule has 1 N–H and O–H groups in total. The van der Waals surface area contributed by atoms with Gasteiger partial charge >= 0.3 is 0 Å². The van der Waals surface area contributed by atoms with Crippen molar-refractivity contribution in [2.24, 2.45) is 0 Å². The highest BCUT2D eigenvalue weighted by Crippen LogP contribution is 2.23. The molecule has 0 saturated carbocycles. The fraction of sp³-hybridized carbons (Fsp3) is 0.273. The van der Waals surface area contributed by atoms with Crippen LogP contribution in [0.15, 0.2) is 59.1 Å². The fourth-order valence-corrected chi connectivity index (χ4v) is 3.09. The second kappa shape index (κ2) is 8.00. The van der Waals surface area contributed by atoms with Crippen molar-refractivity contribution in [1.29, 1.82) is 0 Å². The standard InChI is InChI=1S/C22H24N2O2/c1-15-9-11-19(12-10-15)22(18-7-5-4-6-8-18)23-21(25)14-13-20-16(2)24-26-17(20)3/h4-12,22H,13-14H2,1-3H3,(H,23,25). The quantitative estimate of drug-likeness (QED) is 0.716. The molecule has 0 spiro atoms. The van der Waals surface area contributed by atoms with E-state index in [0.29, 0.717) is 12.8 Å². The molecule has 0 aliphatic carbocycles. The fourth-order valence-electron chi connectivity index (χ4n) is 3.09. The van der Waals surface area contributed by atoms with Gasteiger partial charge in [-0.25, -0.2) is 0 Å². The smallest absolute Gasteiger partial charge is 0.221 e. The van der Waals surface area contributed by atoms with Gasteiger partial charge in [-0.15, -0.1) is 0 Å². The molecule has 1 amide bonds. The first-order valence-electron chi connectivity index (χ1n) is 8.87. The molecular weight excluding hydrogens is 324 g/mol. The lowest BCUT2D eigenvalue weighted by molar-refractivity contribution is -0.121. The molecule has 26 heavy (non-hydrogen) atoms. The number of nitrogens with one attached hydrogen (secondary N) is 1. The number of hydrogen-bond donors (Lipinski definition) is 1. The van der Waals surface area contributed by atoms with Crippen molar-refractivity contribution < 1.29 is 9.32 Å². The molecule has 0 saturated heterocycles. The topological polar surface area (TPSA) is 55.1 Å². The largest absolute Gasteiger partial charge is 0.361 e. The number of nitrogens with zero attached hydrogens (tertiary/aromatic N) is 1. The van der Waals surface area contributed by atoms with E-state index >= 15 is 0 Å². The van der Waals surface area contributed by atoms with Gasteiger partial charge in [0.2, 0.25) is 5.91 Å². The SMILES string of the molecule is Cc1ccc(C(NC(=O)CCc2c(C)noc2C)c2ccccc2)cc1. The van der Waals surface area contributed by atoms with Crippen LogP contribution in [0, 0.1) is 20.8 Å². The van der Waals surface area contributed by atoms with E-state index in [1.807, 2.05) is 44.2 Å². The van der Waals surface area contributed by atoms with E-state index in [1.165, 1.54) is 5.56 Å². The molecule has 0 fully saturated rings. The van der Waals surface area contributed by atoms with Crippen molar-refractivity contribution in [3.8, 4) is 0 Å². The zero-order chi connectivity index (χ0) is 18.5. The molecule has 1 aromatic heterocycles. The van der Waals surface area contributed by atoms with Crippen LogP contribution in [0.3, 0.4) is 0 Å². The summed E-state index contributed by atoms with van der Waals surface area (Å²) in [6.45, 7) is 5.85. The zero-order valence-corrected chi connectivity index (χ0v) is 15.5. The Bertz CT molecular complexity index is 847. The monoisotopic (exact) mass is 348 g/mol. The lowest BCUT2D eigenvalue weighted by Gasteiger charge is -2.20. The predicted molar refractivity (Wildman–Crippen MR) is 102 cm³/mol. The normalized spacial score (nSPS) is 12.0. The molecule has 4 heteroatoms. The van der Waals surface area contributed by atoms with Crippen LogP contribution in [0.2, 0.25) is 0 Å². The van der Waals surface area contributed by atoms with Gasteiger partial charge < -0.3 is 9.84 Å². The third-order valence-corrected chi connectivity index (χ3v) is 4.63. The number of aromatic nitrogens is 1. The van der Waals surface area contributed by atoms with Gasteiger partial charge in [0, 0.05) is 12.0 Å². The van der Waals surface area contributed by atoms with Gasteiger partial charge in [0.15, 0.2) is 0 Å². The molecule has 134 valence electrons. The van der Waals surface area contributed by atoms with Crippen molar-refractivity contribution in [2.75, 3.05) is 0 Å². The molecule has 3 aromatic rings. The number of carbonyl (C=O) groups is 1. The Kier molecular flexibility index (Phi) is 5.52. The van der Waals surface area contributed by atoms with E-state index < -0.39 is 0 Å². The van der Waals surface area contributed by atoms with Crippen molar-refractivity contribution in [3.05, 3.63) is 88.3 Å². The van der Waals surface area contributed by atoms with E-state index in [-0.39, 0.29) is 11.9 Å². The number of rotatable bonds is 6. The third-order valence-electron chi connectivity index (χ3n) is 4.63. The molecule has 4 nitrogen and oxygen atoms in total. The molecule has 1 heterocycles. The Labute approximate surface area is 154 Å². The van der Waals surface area contributed by atoms with E-state index in [4.69, 9.17) is 4.52 Å². The minimum Gasteiger partial charge on any atom is -0.361 e. The number of hydrogen-bond acceptors (Lipinski definition) is 3. The Morgan fingerprint density at radius 3 is 2.27 bits per heavy atom. The average molecular weight is 348 g/mol. The Hall–Kier alpha value is -2.88. The molecule has 0 radical (unpaired) electrons. The van der Waals surface area contributed by atoms with Crippen LogP contribution in [0.25, 0.3) is 0 Å². The van der Waals surface area contributed by atoms with Gasteiger partial charge in [-0.05, 0) is 38.3 Å². The van der Waals surface area contributed by atoms with E-state index in [1.54, 1.807) is 0 Å². The highest BCUT2D eigenvalue weighted by atomic mass is 16.5. The number of amides is 1. The van der Waals surface area contributed by atoms with E-state index in [2.05, 4.69) is 41.7 Å². The number of benzene rings is 2. The highest BCUT2D eigenvalue weighted by molar-refractivity contribution is 5.77. The van der Waals surface area contributed by atoms with Gasteiger partial charge in [0.05, 0.1) is 11.7 Å². The first kappa shape index (κ1) is 17.9. The number of carbonyl (C=O) groups excluding carboxylic acids is 1. The van der Waals surface area contributed by atoms with Gasteiger partial charge in [-0.2, -0.15) is 0 Å². The van der Waals surface area contributed by atoms with Gasteiger partial charge in [0.25, 0.3) is 0 Å². The summed E-state index contributed by atoms with van der Waals surface area (Å²) in [5.41, 5.74) is 5.22. The lowest BCUT2D eigenvalue weighted by atomic mass is 9.97. The van der Waals surface area contributed by atoms with Crippen molar-refractivity contribution in [1.82, 2.24) is 10.5 Å². The summed E-state index contributed by atoms with van der Waals surface area (Å²) in [6, 6.07) is 18.2. The minimum atomic E-state index is -0.158. The van der Waals surface area contributed by atoms with Gasteiger partial charge in [0.1, 0.15) is 5.76 Å². The van der Waals surface area contributed by atoms with Crippen LogP contribution in [0.4, 0.5) is 0 Å². The summed E-state index contributed by atoms with van der Waals surface area (Å²) >= 11 is 0. The summed E-state index contributed by atoms with van der Waals surface area (Å²) in [6.07, 6.45) is 1.03. The maximum atomic E-state index is 12.6. The van der Waals surface area contributed by atoms with Gasteiger partial charge in [-0.1, -0.05) is 65.3 Å². The summed E-state index contributed by atoms with van der Waals surface area (Å²) in [4.78, 5) is 12.6. The van der Waals surface area contributed by atoms with Crippen LogP contribution < -0.4 is 5.32 Å². The Morgan fingerprint density at radius 2 is 1.65 bits per heavy atom. The second-order valence-corrected chi connectivity index (χ2v) is 6.62. The Balaban J connectivity index is 1.75. The van der Waals surface area contributed by atoms with Crippen molar-refractivity contribution in [2.45, 2.75) is 39.7 Å². The average Bonchev–Trinajstić information content (AvgIpc) is 2.97. The van der Waals surface area contributed by atoms with Crippen LogP contribution in [0.1, 0.15) is 46.2 Å². The third kappa shape index (κ3) is 4.20. The second-order valence-electron chi connectivity index (χ2n) is 6.62. The summed E-state index contributed by atoms with van der Waals surface area (Å²) in [7, 11) is 0. The molecule has 1 unspecified atom stereocenters. The zero-order valence-electron chi connectivity index (χ0n) is 15.5. The summed E-state index contributed by atoms with van der Waals surface area (Å²) in [5, 5.41) is 7.13. The molecule has 0 bridgehead atoms. The minimum absolute atomic E-state index is 0.0134. The van der Waals surface area contributed by atoms with E-state index in [0.717, 1.165) is 28.1 Å². The maximum Gasteiger partial charge on any atom is 0.221 e. The van der Waals surface area contributed by atoms with Crippen molar-refractivity contribution >= 4 is 5.91 Å². The molecule has 0 aliphatic rings. The molecule has 1 atom stereocenters. The van der Waals surface area contributed by atoms with Crippen LogP contribution in [-0.4, -0.2) is 11.1 Å². The molecule has 2 aromatic carbocycles. The predicted octanol–water partition coefficient (Wildman–Crippen LogP) is 4.44. The number of aryl methyl sites for hydroxylation is 3. The van der Waals surface area contributed by atoms with Gasteiger partial charge in [-0.3, -0.25) is 4.79 Å². The van der Waals surface area contributed by atoms with Crippen LogP contribution >= 0.6 is 0 Å². The van der Waals surface area contributed by atoms with Crippen LogP contribution in [-0.2, 0) is 11.2 Å². The first-order chi connectivity index (χ1) is 12.5. The first-order valence-corrected chi connectivity index (χ1v) is 8.87. The maximum absolute atomic E-state index is 12.6. The highest BCUT2D eigenvalue weighted by Gasteiger charge is 2.18. The summed E-state index contributed by atoms with van der Waals surface area (Å²) in [5.74, 6) is 0.799. The summed E-state index contributed by atoms with van der Waals surface area (Å²) < 4.78 is 5.18. The Morgan fingerprint density at radius 1 is 1.00 bits per heavy atom. The van der Waals surface area contributed by atoms with Crippen molar-refractivity contribution in [3.63, 3.8) is 0 Å². The van der Waals surface area contributed by atoms with E-state index in [9.17, 15) is 4.79 Å².